The van der Waals surface area contributed by atoms with Gasteiger partial charge in [-0.2, -0.15) is 0 Å². The lowest BCUT2D eigenvalue weighted by molar-refractivity contribution is -0.118. The molecule has 4 rings (SSSR count). The van der Waals surface area contributed by atoms with Gasteiger partial charge in [-0.15, -0.1) is 0 Å². The minimum atomic E-state index is -0.653. The summed E-state index contributed by atoms with van der Waals surface area (Å²) in [5.41, 5.74) is 7.53. The standard InChI is InChI=1S/C20H15ClFN5O2/c1-11-17(6-12(8-25-11)14-7-13(21)2-3-15(14)22)27-16-4-5-24-9-18(16)26(20(27)29)10-19(23)28/h2-9H,10H2,1H3,(H2,23,28). The van der Waals surface area contributed by atoms with Gasteiger partial charge in [0.05, 0.1) is 28.6 Å². The number of aromatic nitrogens is 4. The molecule has 0 aliphatic heterocycles. The molecule has 3 aromatic heterocycles. The molecular weight excluding hydrogens is 397 g/mol. The summed E-state index contributed by atoms with van der Waals surface area (Å²) >= 11 is 6.01. The molecule has 4 aromatic rings. The minimum Gasteiger partial charge on any atom is -0.368 e. The number of carbonyl (C=O) groups is 1. The fourth-order valence-corrected chi connectivity index (χ4v) is 3.43. The Hall–Kier alpha value is -3.52. The first-order valence-corrected chi connectivity index (χ1v) is 9.00. The van der Waals surface area contributed by atoms with Crippen molar-refractivity contribution in [2.24, 2.45) is 5.73 Å². The summed E-state index contributed by atoms with van der Waals surface area (Å²) in [5, 5.41) is 0.379. The predicted molar refractivity (Wildman–Crippen MR) is 107 cm³/mol. The van der Waals surface area contributed by atoms with Gasteiger partial charge in [0.25, 0.3) is 0 Å². The molecule has 1 aromatic carbocycles. The Balaban J connectivity index is 2.00. The number of imidazole rings is 1. The number of hydrogen-bond acceptors (Lipinski definition) is 4. The Morgan fingerprint density at radius 3 is 2.76 bits per heavy atom. The number of nitrogens with two attached hydrogens (primary N) is 1. The molecule has 0 aliphatic rings. The molecule has 0 bridgehead atoms. The van der Waals surface area contributed by atoms with Crippen LogP contribution in [0.3, 0.4) is 0 Å². The smallest absolute Gasteiger partial charge is 0.334 e. The van der Waals surface area contributed by atoms with Crippen molar-refractivity contribution in [3.8, 4) is 16.8 Å². The first kappa shape index (κ1) is 18.8. The summed E-state index contributed by atoms with van der Waals surface area (Å²) in [6.45, 7) is 1.45. The molecule has 146 valence electrons. The molecule has 0 unspecified atom stereocenters. The van der Waals surface area contributed by atoms with Crippen LogP contribution < -0.4 is 11.4 Å². The Bertz CT molecular complexity index is 1330. The van der Waals surface area contributed by atoms with E-state index in [9.17, 15) is 14.0 Å². The number of aryl methyl sites for hydroxylation is 1. The maximum absolute atomic E-state index is 14.4. The zero-order chi connectivity index (χ0) is 20.7. The molecule has 3 heterocycles. The second-order valence-corrected chi connectivity index (χ2v) is 6.92. The van der Waals surface area contributed by atoms with E-state index in [1.807, 2.05) is 0 Å². The van der Waals surface area contributed by atoms with Crippen molar-refractivity contribution < 1.29 is 9.18 Å². The normalized spacial score (nSPS) is 11.1. The minimum absolute atomic E-state index is 0.266. The summed E-state index contributed by atoms with van der Waals surface area (Å²) in [5.74, 6) is -1.11. The summed E-state index contributed by atoms with van der Waals surface area (Å²) in [7, 11) is 0. The summed E-state index contributed by atoms with van der Waals surface area (Å²) < 4.78 is 17.0. The van der Waals surface area contributed by atoms with E-state index in [4.69, 9.17) is 17.3 Å². The lowest BCUT2D eigenvalue weighted by Gasteiger charge is -2.10. The van der Waals surface area contributed by atoms with Gasteiger partial charge in [0.2, 0.25) is 5.91 Å². The van der Waals surface area contributed by atoms with Crippen LogP contribution in [-0.2, 0) is 11.3 Å². The van der Waals surface area contributed by atoms with Crippen molar-refractivity contribution in [1.82, 2.24) is 19.1 Å². The molecule has 0 fully saturated rings. The maximum Gasteiger partial charge on any atom is 0.334 e. The first-order valence-electron chi connectivity index (χ1n) is 8.63. The lowest BCUT2D eigenvalue weighted by Crippen LogP contribution is -2.29. The van der Waals surface area contributed by atoms with Crippen LogP contribution in [0.2, 0.25) is 5.02 Å². The van der Waals surface area contributed by atoms with Crippen molar-refractivity contribution in [3.05, 3.63) is 75.9 Å². The average molecular weight is 412 g/mol. The van der Waals surface area contributed by atoms with Crippen LogP contribution in [-0.4, -0.2) is 25.0 Å². The number of benzene rings is 1. The monoisotopic (exact) mass is 411 g/mol. The van der Waals surface area contributed by atoms with Crippen molar-refractivity contribution in [2.75, 3.05) is 0 Å². The van der Waals surface area contributed by atoms with E-state index >= 15 is 0 Å². The number of carbonyl (C=O) groups excluding carboxylic acids is 1. The van der Waals surface area contributed by atoms with Crippen molar-refractivity contribution in [1.29, 1.82) is 0 Å². The van der Waals surface area contributed by atoms with Gasteiger partial charge in [-0.05, 0) is 37.3 Å². The average Bonchev–Trinajstić information content (AvgIpc) is 2.96. The largest absolute Gasteiger partial charge is 0.368 e. The summed E-state index contributed by atoms with van der Waals surface area (Å²) in [6.07, 6.45) is 4.54. The molecule has 0 saturated carbocycles. The molecule has 0 radical (unpaired) electrons. The highest BCUT2D eigenvalue weighted by atomic mass is 35.5. The topological polar surface area (TPSA) is 95.8 Å². The number of amides is 1. The second-order valence-electron chi connectivity index (χ2n) is 6.49. The van der Waals surface area contributed by atoms with Crippen molar-refractivity contribution >= 4 is 28.5 Å². The zero-order valence-electron chi connectivity index (χ0n) is 15.3. The molecule has 2 N–H and O–H groups in total. The molecule has 9 heteroatoms. The third-order valence-corrected chi connectivity index (χ3v) is 4.82. The Labute approximate surface area is 169 Å². The fourth-order valence-electron chi connectivity index (χ4n) is 3.26. The predicted octanol–water partition coefficient (Wildman–Crippen LogP) is 2.84. The molecule has 0 spiro atoms. The van der Waals surface area contributed by atoms with Crippen LogP contribution in [0.1, 0.15) is 5.69 Å². The summed E-state index contributed by atoms with van der Waals surface area (Å²) in [6, 6.07) is 7.54. The fraction of sp³-hybridized carbons (Fsp3) is 0.100. The molecular formula is C20H15ClFN5O2. The number of halogens is 2. The Morgan fingerprint density at radius 1 is 1.21 bits per heavy atom. The highest BCUT2D eigenvalue weighted by Gasteiger charge is 2.19. The lowest BCUT2D eigenvalue weighted by atomic mass is 10.1. The van der Waals surface area contributed by atoms with Crippen LogP contribution >= 0.6 is 11.6 Å². The highest BCUT2D eigenvalue weighted by molar-refractivity contribution is 6.30. The van der Waals surface area contributed by atoms with Crippen LogP contribution in [0.5, 0.6) is 0 Å². The van der Waals surface area contributed by atoms with E-state index < -0.39 is 17.4 Å². The van der Waals surface area contributed by atoms with Gasteiger partial charge >= 0.3 is 5.69 Å². The van der Waals surface area contributed by atoms with Gasteiger partial charge in [-0.1, -0.05) is 11.6 Å². The number of nitrogens with zero attached hydrogens (tertiary/aromatic N) is 4. The molecule has 7 nitrogen and oxygen atoms in total. The van der Waals surface area contributed by atoms with Gasteiger partial charge in [-0.25, -0.2) is 9.18 Å². The second kappa shape index (κ2) is 7.14. The van der Waals surface area contributed by atoms with Gasteiger partial charge in [0.15, 0.2) is 0 Å². The number of fused-ring (bicyclic) bond motifs is 1. The Morgan fingerprint density at radius 2 is 2.00 bits per heavy atom. The van der Waals surface area contributed by atoms with E-state index in [2.05, 4.69) is 9.97 Å². The van der Waals surface area contributed by atoms with Crippen LogP contribution in [0.15, 0.2) is 53.7 Å². The van der Waals surface area contributed by atoms with E-state index in [-0.39, 0.29) is 12.1 Å². The van der Waals surface area contributed by atoms with Gasteiger partial charge in [-0.3, -0.25) is 23.9 Å². The van der Waals surface area contributed by atoms with Gasteiger partial charge in [0, 0.05) is 28.5 Å². The highest BCUT2D eigenvalue weighted by Crippen LogP contribution is 2.28. The quantitative estimate of drug-likeness (QED) is 0.558. The molecule has 29 heavy (non-hydrogen) atoms. The zero-order valence-corrected chi connectivity index (χ0v) is 16.0. The van der Waals surface area contributed by atoms with Crippen molar-refractivity contribution in [3.63, 3.8) is 0 Å². The maximum atomic E-state index is 14.4. The third kappa shape index (κ3) is 3.27. The Kier molecular flexibility index (Phi) is 4.63. The third-order valence-electron chi connectivity index (χ3n) is 4.59. The number of hydrogen-bond donors (Lipinski definition) is 1. The molecule has 1 amide bonds. The molecule has 0 atom stereocenters. The van der Waals surface area contributed by atoms with Crippen LogP contribution in [0, 0.1) is 12.7 Å². The number of primary amides is 1. The van der Waals surface area contributed by atoms with E-state index in [0.29, 0.717) is 33.0 Å². The van der Waals surface area contributed by atoms with Crippen LogP contribution in [0.4, 0.5) is 4.39 Å². The number of pyridine rings is 2. The van der Waals surface area contributed by atoms with E-state index in [0.717, 1.165) is 0 Å². The number of rotatable bonds is 4. The SMILES string of the molecule is Cc1ncc(-c2cc(Cl)ccc2F)cc1-n1c(=O)n(CC(N)=O)c2cnccc21. The van der Waals surface area contributed by atoms with Gasteiger partial charge in [0.1, 0.15) is 12.4 Å². The van der Waals surface area contributed by atoms with Crippen LogP contribution in [0.25, 0.3) is 27.8 Å². The van der Waals surface area contributed by atoms with E-state index in [1.54, 1.807) is 19.1 Å². The first-order chi connectivity index (χ1) is 13.9. The van der Waals surface area contributed by atoms with E-state index in [1.165, 1.54) is 45.9 Å². The molecule has 0 aliphatic carbocycles. The van der Waals surface area contributed by atoms with Gasteiger partial charge < -0.3 is 5.73 Å². The molecule has 0 saturated heterocycles. The summed E-state index contributed by atoms with van der Waals surface area (Å²) in [4.78, 5) is 32.9. The van der Waals surface area contributed by atoms with Crippen molar-refractivity contribution in [2.45, 2.75) is 13.5 Å².